The van der Waals surface area contributed by atoms with Crippen molar-refractivity contribution in [2.24, 2.45) is 0 Å². The second kappa shape index (κ2) is 11.7. The molecule has 2 aromatic rings. The summed E-state index contributed by atoms with van der Waals surface area (Å²) in [4.78, 5) is 12.3. The smallest absolute Gasteiger partial charge is 0.416 e. The molecule has 0 aliphatic rings. The summed E-state index contributed by atoms with van der Waals surface area (Å²) in [5, 5.41) is 2.63. The van der Waals surface area contributed by atoms with E-state index in [0.29, 0.717) is 16.8 Å². The number of aryl methyl sites for hydroxylation is 2. The Kier molecular flexibility index (Phi) is 9.29. The van der Waals surface area contributed by atoms with E-state index in [1.54, 1.807) is 20.1 Å². The molecule has 0 spiro atoms. The summed E-state index contributed by atoms with van der Waals surface area (Å²) >= 11 is 0. The molecule has 0 fully saturated rings. The van der Waals surface area contributed by atoms with Gasteiger partial charge in [0.05, 0.1) is 12.7 Å². The Morgan fingerprint density at radius 3 is 2.23 bits per heavy atom. The summed E-state index contributed by atoms with van der Waals surface area (Å²) in [6.45, 7) is 11.5. The first-order valence-corrected chi connectivity index (χ1v) is 11.2. The van der Waals surface area contributed by atoms with Crippen LogP contribution in [0.15, 0.2) is 65.8 Å². The molecule has 0 saturated heterocycles. The maximum absolute atomic E-state index is 12.8. The minimum absolute atomic E-state index is 0.344. The first-order valence-electron chi connectivity index (χ1n) is 11.2. The van der Waals surface area contributed by atoms with Crippen molar-refractivity contribution >= 4 is 17.7 Å². The molecule has 0 unspecified atom stereocenters. The van der Waals surface area contributed by atoms with Gasteiger partial charge in [-0.2, -0.15) is 13.2 Å². The van der Waals surface area contributed by atoms with E-state index in [1.165, 1.54) is 24.6 Å². The lowest BCUT2D eigenvalue weighted by Crippen LogP contribution is -2.11. The van der Waals surface area contributed by atoms with Crippen molar-refractivity contribution in [3.05, 3.63) is 99.2 Å². The van der Waals surface area contributed by atoms with Gasteiger partial charge in [-0.25, -0.2) is 0 Å². The number of carbonyl (C=O) groups excluding carboxylic acids is 1. The fourth-order valence-electron chi connectivity index (χ4n) is 3.56. The Hall–Kier alpha value is -3.54. The average molecular weight is 484 g/mol. The Morgan fingerprint density at radius 1 is 0.943 bits per heavy atom. The Balaban J connectivity index is 2.05. The van der Waals surface area contributed by atoms with Crippen molar-refractivity contribution in [3.8, 4) is 5.75 Å². The van der Waals surface area contributed by atoms with Crippen LogP contribution in [0.2, 0.25) is 0 Å². The number of benzene rings is 2. The van der Waals surface area contributed by atoms with Gasteiger partial charge in [0, 0.05) is 11.8 Å². The standard InChI is InChI=1S/C29H32F3NO2/c1-18(11-13-25-20(3)17-27(35-7)23(6)22(25)5)9-8-10-19(2)15-28(34)33-26-14-12-24(16-21(26)4)29(30,31)32/h8-17H,1-7H3,(H,33,34). The fourth-order valence-corrected chi connectivity index (χ4v) is 3.56. The summed E-state index contributed by atoms with van der Waals surface area (Å²) in [6.07, 6.45) is 6.68. The number of nitrogens with one attached hydrogen (secondary N) is 1. The van der Waals surface area contributed by atoms with Crippen LogP contribution in [0.1, 0.15) is 47.2 Å². The van der Waals surface area contributed by atoms with Gasteiger partial charge in [-0.3, -0.25) is 4.79 Å². The van der Waals surface area contributed by atoms with Gasteiger partial charge in [-0.15, -0.1) is 0 Å². The van der Waals surface area contributed by atoms with E-state index < -0.39 is 17.6 Å². The summed E-state index contributed by atoms with van der Waals surface area (Å²) in [5.41, 5.74) is 6.27. The quantitative estimate of drug-likeness (QED) is 0.320. The van der Waals surface area contributed by atoms with E-state index >= 15 is 0 Å². The summed E-state index contributed by atoms with van der Waals surface area (Å²) < 4.78 is 43.8. The van der Waals surface area contributed by atoms with Crippen molar-refractivity contribution < 1.29 is 22.7 Å². The molecule has 0 aliphatic heterocycles. The SMILES string of the molecule is COc1cc(C)c(C=CC(C)=CC=CC(C)=CC(=O)Nc2ccc(C(F)(F)F)cc2C)c(C)c1C. The van der Waals surface area contributed by atoms with E-state index in [4.69, 9.17) is 4.74 Å². The molecule has 0 aromatic heterocycles. The summed E-state index contributed by atoms with van der Waals surface area (Å²) in [5.74, 6) is 0.476. The van der Waals surface area contributed by atoms with Crippen molar-refractivity contribution in [2.45, 2.75) is 47.7 Å². The molecule has 1 N–H and O–H groups in total. The monoisotopic (exact) mass is 483 g/mol. The molecular formula is C29H32F3NO2. The molecule has 0 radical (unpaired) electrons. The summed E-state index contributed by atoms with van der Waals surface area (Å²) in [7, 11) is 1.67. The third-order valence-corrected chi connectivity index (χ3v) is 5.73. The number of amides is 1. The van der Waals surface area contributed by atoms with E-state index in [2.05, 4.69) is 25.2 Å². The van der Waals surface area contributed by atoms with Crippen LogP contribution >= 0.6 is 0 Å². The van der Waals surface area contributed by atoms with Gasteiger partial charge in [0.1, 0.15) is 5.75 Å². The molecule has 0 saturated carbocycles. The molecule has 1 amide bonds. The fraction of sp³-hybridized carbons (Fsp3) is 0.276. The number of ether oxygens (including phenoxy) is 1. The van der Waals surface area contributed by atoms with Gasteiger partial charge in [-0.05, 0) is 99.2 Å². The van der Waals surface area contributed by atoms with Crippen LogP contribution in [-0.2, 0) is 11.0 Å². The highest BCUT2D eigenvalue weighted by Crippen LogP contribution is 2.31. The summed E-state index contributed by atoms with van der Waals surface area (Å²) in [6, 6.07) is 5.27. The molecule has 2 aromatic carbocycles. The molecule has 0 heterocycles. The topological polar surface area (TPSA) is 38.3 Å². The zero-order valence-corrected chi connectivity index (χ0v) is 21.2. The number of allylic oxidation sites excluding steroid dienone is 6. The van der Waals surface area contributed by atoms with Gasteiger partial charge in [0.25, 0.3) is 0 Å². The Morgan fingerprint density at radius 2 is 1.63 bits per heavy atom. The molecule has 0 aliphatic carbocycles. The number of rotatable bonds is 7. The molecule has 0 atom stereocenters. The minimum Gasteiger partial charge on any atom is -0.496 e. The maximum Gasteiger partial charge on any atom is 0.416 e. The van der Waals surface area contributed by atoms with E-state index in [9.17, 15) is 18.0 Å². The van der Waals surface area contributed by atoms with Crippen molar-refractivity contribution in [1.29, 1.82) is 0 Å². The normalized spacial score (nSPS) is 13.1. The van der Waals surface area contributed by atoms with Crippen molar-refractivity contribution in [1.82, 2.24) is 0 Å². The van der Waals surface area contributed by atoms with E-state index in [-0.39, 0.29) is 0 Å². The molecular weight excluding hydrogens is 451 g/mol. The predicted octanol–water partition coefficient (Wildman–Crippen LogP) is 8.05. The molecule has 186 valence electrons. The first kappa shape index (κ1) is 27.7. The number of alkyl halides is 3. The van der Waals surface area contributed by atoms with Crippen LogP contribution in [-0.4, -0.2) is 13.0 Å². The molecule has 0 bridgehead atoms. The van der Waals surface area contributed by atoms with Gasteiger partial charge < -0.3 is 10.1 Å². The minimum atomic E-state index is -4.42. The van der Waals surface area contributed by atoms with Crippen LogP contribution in [0.3, 0.4) is 0 Å². The zero-order valence-electron chi connectivity index (χ0n) is 21.2. The zero-order chi connectivity index (χ0) is 26.3. The number of methoxy groups -OCH3 is 1. The Bertz CT molecular complexity index is 1220. The van der Waals surface area contributed by atoms with Crippen LogP contribution < -0.4 is 10.1 Å². The van der Waals surface area contributed by atoms with Crippen LogP contribution in [0.25, 0.3) is 6.08 Å². The van der Waals surface area contributed by atoms with Crippen molar-refractivity contribution in [3.63, 3.8) is 0 Å². The number of hydrogen-bond acceptors (Lipinski definition) is 2. The van der Waals surface area contributed by atoms with E-state index in [1.807, 2.05) is 38.1 Å². The lowest BCUT2D eigenvalue weighted by atomic mass is 9.96. The van der Waals surface area contributed by atoms with Crippen LogP contribution in [0.5, 0.6) is 5.75 Å². The second-order valence-electron chi connectivity index (χ2n) is 8.57. The largest absolute Gasteiger partial charge is 0.496 e. The van der Waals surface area contributed by atoms with Crippen LogP contribution in [0, 0.1) is 27.7 Å². The molecule has 35 heavy (non-hydrogen) atoms. The van der Waals surface area contributed by atoms with Crippen molar-refractivity contribution in [2.75, 3.05) is 12.4 Å². The van der Waals surface area contributed by atoms with Gasteiger partial charge in [0.2, 0.25) is 5.91 Å². The van der Waals surface area contributed by atoms with Gasteiger partial charge in [0.15, 0.2) is 0 Å². The van der Waals surface area contributed by atoms with Gasteiger partial charge in [-0.1, -0.05) is 36.0 Å². The van der Waals surface area contributed by atoms with E-state index in [0.717, 1.165) is 40.1 Å². The van der Waals surface area contributed by atoms with Gasteiger partial charge >= 0.3 is 6.18 Å². The highest BCUT2D eigenvalue weighted by atomic mass is 19.4. The highest BCUT2D eigenvalue weighted by Gasteiger charge is 2.30. The van der Waals surface area contributed by atoms with Crippen LogP contribution in [0.4, 0.5) is 18.9 Å². The number of halogens is 3. The predicted molar refractivity (Wildman–Crippen MR) is 138 cm³/mol. The average Bonchev–Trinajstić information content (AvgIpc) is 2.76. The molecule has 2 rings (SSSR count). The third kappa shape index (κ3) is 7.74. The first-order chi connectivity index (χ1) is 16.3. The molecule has 3 nitrogen and oxygen atoms in total. The maximum atomic E-state index is 12.8. The number of anilines is 1. The lowest BCUT2D eigenvalue weighted by Gasteiger charge is -2.13. The highest BCUT2D eigenvalue weighted by molar-refractivity contribution is 6.00. The lowest BCUT2D eigenvalue weighted by molar-refractivity contribution is -0.137. The molecule has 6 heteroatoms. The number of carbonyl (C=O) groups is 1. The Labute approximate surface area is 205 Å². The third-order valence-electron chi connectivity index (χ3n) is 5.73. The number of hydrogen-bond donors (Lipinski definition) is 1. The second-order valence-corrected chi connectivity index (χ2v) is 8.57.